The zero-order chi connectivity index (χ0) is 15.7. The van der Waals surface area contributed by atoms with Gasteiger partial charge in [0.05, 0.1) is 5.52 Å². The van der Waals surface area contributed by atoms with E-state index in [2.05, 4.69) is 39.0 Å². The molecule has 0 atom stereocenters. The number of rotatable bonds is 1. The second kappa shape index (κ2) is 6.12. The third kappa shape index (κ3) is 2.88. The van der Waals surface area contributed by atoms with Crippen LogP contribution in [0.15, 0.2) is 34.8 Å². The van der Waals surface area contributed by atoms with Crippen molar-refractivity contribution in [1.82, 2.24) is 14.8 Å². The molecule has 6 heteroatoms. The summed E-state index contributed by atoms with van der Waals surface area (Å²) in [5.41, 5.74) is 0.979. The van der Waals surface area contributed by atoms with Crippen molar-refractivity contribution in [1.29, 1.82) is 0 Å². The highest BCUT2D eigenvalue weighted by Gasteiger charge is 2.23. The first-order chi connectivity index (χ1) is 10.6. The average molecular weight is 363 g/mol. The van der Waals surface area contributed by atoms with Crippen molar-refractivity contribution in [3.8, 4) is 0 Å². The van der Waals surface area contributed by atoms with Crippen molar-refractivity contribution >= 4 is 38.7 Å². The molecule has 0 spiro atoms. The Kier molecular flexibility index (Phi) is 4.20. The summed E-state index contributed by atoms with van der Waals surface area (Å²) in [7, 11) is 3.58. The fraction of sp³-hybridized carbons (Fsp3) is 0.375. The molecule has 1 aromatic heterocycles. The van der Waals surface area contributed by atoms with Crippen molar-refractivity contribution in [2.45, 2.75) is 0 Å². The van der Waals surface area contributed by atoms with Crippen LogP contribution in [-0.2, 0) is 0 Å². The molecule has 0 bridgehead atoms. The number of aromatic nitrogens is 1. The largest absolute Gasteiger partial charge is 0.353 e. The number of urea groups is 1. The molecule has 3 rings (SSSR count). The number of pyridine rings is 1. The molecular weight excluding hydrogens is 344 g/mol. The fourth-order valence-electron chi connectivity index (χ4n) is 2.69. The van der Waals surface area contributed by atoms with Crippen LogP contribution in [0.4, 0.5) is 10.6 Å². The van der Waals surface area contributed by atoms with Gasteiger partial charge in [0.15, 0.2) is 0 Å². The molecule has 116 valence electrons. The molecule has 2 heterocycles. The number of nitrogens with zero attached hydrogens (tertiary/aromatic N) is 4. The molecule has 0 N–H and O–H groups in total. The Morgan fingerprint density at radius 2 is 1.86 bits per heavy atom. The van der Waals surface area contributed by atoms with Gasteiger partial charge in [0.2, 0.25) is 0 Å². The maximum atomic E-state index is 12.0. The highest BCUT2D eigenvalue weighted by Crippen LogP contribution is 2.25. The van der Waals surface area contributed by atoms with Crippen LogP contribution in [0.3, 0.4) is 0 Å². The van der Waals surface area contributed by atoms with Gasteiger partial charge in [-0.2, -0.15) is 0 Å². The Labute approximate surface area is 138 Å². The lowest BCUT2D eigenvalue weighted by atomic mass is 10.2. The highest BCUT2D eigenvalue weighted by atomic mass is 79.9. The molecule has 1 saturated heterocycles. The van der Waals surface area contributed by atoms with Gasteiger partial charge in [-0.15, -0.1) is 0 Å². The van der Waals surface area contributed by atoms with Gasteiger partial charge < -0.3 is 14.7 Å². The molecule has 2 amide bonds. The molecule has 1 aromatic carbocycles. The molecule has 0 radical (unpaired) electrons. The van der Waals surface area contributed by atoms with Crippen LogP contribution >= 0.6 is 15.9 Å². The maximum absolute atomic E-state index is 12.0. The van der Waals surface area contributed by atoms with Crippen LogP contribution in [0.1, 0.15) is 0 Å². The van der Waals surface area contributed by atoms with E-state index in [9.17, 15) is 4.79 Å². The van der Waals surface area contributed by atoms with E-state index in [-0.39, 0.29) is 6.03 Å². The number of fused-ring (bicyclic) bond motifs is 1. The molecule has 0 aliphatic carbocycles. The van der Waals surface area contributed by atoms with Crippen LogP contribution in [0, 0.1) is 0 Å². The van der Waals surface area contributed by atoms with Crippen LogP contribution in [0.25, 0.3) is 10.9 Å². The Balaban J connectivity index is 1.76. The topological polar surface area (TPSA) is 39.7 Å². The minimum atomic E-state index is 0.0777. The monoisotopic (exact) mass is 362 g/mol. The van der Waals surface area contributed by atoms with Crippen molar-refractivity contribution < 1.29 is 4.79 Å². The van der Waals surface area contributed by atoms with E-state index in [0.717, 1.165) is 47.4 Å². The van der Waals surface area contributed by atoms with Crippen LogP contribution < -0.4 is 4.90 Å². The molecule has 1 fully saturated rings. The number of piperazine rings is 1. The molecule has 0 saturated carbocycles. The summed E-state index contributed by atoms with van der Waals surface area (Å²) in [6.07, 6.45) is 0. The first-order valence-electron chi connectivity index (χ1n) is 7.33. The number of hydrogen-bond donors (Lipinski definition) is 0. The van der Waals surface area contributed by atoms with E-state index in [4.69, 9.17) is 4.98 Å². The molecule has 22 heavy (non-hydrogen) atoms. The number of carbonyl (C=O) groups is 1. The van der Waals surface area contributed by atoms with Crippen molar-refractivity contribution in [3.05, 3.63) is 34.8 Å². The van der Waals surface area contributed by atoms with Gasteiger partial charge in [0.25, 0.3) is 0 Å². The minimum Gasteiger partial charge on any atom is -0.353 e. The third-order valence-electron chi connectivity index (χ3n) is 3.91. The molecule has 1 aliphatic heterocycles. The van der Waals surface area contributed by atoms with E-state index < -0.39 is 0 Å². The number of carbonyl (C=O) groups excluding carboxylic acids is 1. The number of halogens is 1. The van der Waals surface area contributed by atoms with Crippen LogP contribution in [0.2, 0.25) is 0 Å². The van der Waals surface area contributed by atoms with E-state index in [1.165, 1.54) is 0 Å². The zero-order valence-corrected chi connectivity index (χ0v) is 14.4. The first-order valence-corrected chi connectivity index (χ1v) is 8.12. The lowest BCUT2D eigenvalue weighted by Crippen LogP contribution is -2.51. The summed E-state index contributed by atoms with van der Waals surface area (Å²) in [4.78, 5) is 22.5. The predicted octanol–water partition coefficient (Wildman–Crippen LogP) is 2.80. The number of para-hydroxylation sites is 1. The van der Waals surface area contributed by atoms with Gasteiger partial charge in [-0.05, 0) is 34.1 Å². The quantitative estimate of drug-likeness (QED) is 0.782. The van der Waals surface area contributed by atoms with Gasteiger partial charge in [-0.1, -0.05) is 12.1 Å². The smallest absolute Gasteiger partial charge is 0.319 e. The summed E-state index contributed by atoms with van der Waals surface area (Å²) in [5.74, 6) is 0.969. The Morgan fingerprint density at radius 1 is 1.14 bits per heavy atom. The van der Waals surface area contributed by atoms with E-state index in [0.29, 0.717) is 0 Å². The lowest BCUT2D eigenvalue weighted by Gasteiger charge is -2.36. The fourth-order valence-corrected chi connectivity index (χ4v) is 3.16. The van der Waals surface area contributed by atoms with Gasteiger partial charge in [-0.3, -0.25) is 0 Å². The highest BCUT2D eigenvalue weighted by molar-refractivity contribution is 9.10. The lowest BCUT2D eigenvalue weighted by molar-refractivity contribution is 0.168. The van der Waals surface area contributed by atoms with Crippen molar-refractivity contribution in [2.24, 2.45) is 0 Å². The third-order valence-corrected chi connectivity index (χ3v) is 4.55. The standard InChI is InChI=1S/C16H19BrN4O/c1-19(2)16(22)21-10-8-20(9-11-21)14-7-6-12-4-3-5-13(17)15(12)18-14/h3-7H,8-11H2,1-2H3. The Morgan fingerprint density at radius 3 is 2.55 bits per heavy atom. The summed E-state index contributed by atoms with van der Waals surface area (Å²) in [6, 6.07) is 10.3. The number of amides is 2. The van der Waals surface area contributed by atoms with Gasteiger partial charge >= 0.3 is 6.03 Å². The van der Waals surface area contributed by atoms with Gasteiger partial charge in [0, 0.05) is 50.1 Å². The maximum Gasteiger partial charge on any atom is 0.319 e. The summed E-state index contributed by atoms with van der Waals surface area (Å²) < 4.78 is 1.01. The van der Waals surface area contributed by atoms with Crippen LogP contribution in [0.5, 0.6) is 0 Å². The normalized spacial score (nSPS) is 15.2. The summed E-state index contributed by atoms with van der Waals surface area (Å²) in [5, 5.41) is 1.12. The van der Waals surface area contributed by atoms with E-state index in [1.54, 1.807) is 19.0 Å². The Hall–Kier alpha value is -1.82. The predicted molar refractivity (Wildman–Crippen MR) is 92.3 cm³/mol. The SMILES string of the molecule is CN(C)C(=O)N1CCN(c2ccc3cccc(Br)c3n2)CC1. The Bertz CT molecular complexity index is 696. The summed E-state index contributed by atoms with van der Waals surface area (Å²) >= 11 is 3.56. The zero-order valence-electron chi connectivity index (χ0n) is 12.8. The average Bonchev–Trinajstić information content (AvgIpc) is 2.54. The first kappa shape index (κ1) is 15.1. The second-order valence-corrected chi connectivity index (χ2v) is 6.49. The molecule has 0 unspecified atom stereocenters. The molecule has 1 aliphatic rings. The van der Waals surface area contributed by atoms with Crippen LogP contribution in [-0.4, -0.2) is 61.1 Å². The molecule has 5 nitrogen and oxygen atoms in total. The van der Waals surface area contributed by atoms with Gasteiger partial charge in [0.1, 0.15) is 5.82 Å². The minimum absolute atomic E-state index is 0.0777. The van der Waals surface area contributed by atoms with Crippen molar-refractivity contribution in [3.63, 3.8) is 0 Å². The number of hydrogen-bond acceptors (Lipinski definition) is 3. The van der Waals surface area contributed by atoms with E-state index in [1.807, 2.05) is 17.0 Å². The molecular formula is C16H19BrN4O. The molecule has 2 aromatic rings. The number of anilines is 1. The van der Waals surface area contributed by atoms with Gasteiger partial charge in [-0.25, -0.2) is 9.78 Å². The summed E-state index contributed by atoms with van der Waals surface area (Å²) in [6.45, 7) is 3.07. The number of benzene rings is 1. The van der Waals surface area contributed by atoms with Crippen molar-refractivity contribution in [2.75, 3.05) is 45.2 Å². The second-order valence-electron chi connectivity index (χ2n) is 5.63. The van der Waals surface area contributed by atoms with E-state index >= 15 is 0 Å².